The summed E-state index contributed by atoms with van der Waals surface area (Å²) in [6.45, 7) is 1.50. The highest BCUT2D eigenvalue weighted by atomic mass is 32.1. The highest BCUT2D eigenvalue weighted by molar-refractivity contribution is 7.80. The van der Waals surface area contributed by atoms with Gasteiger partial charge in [0.15, 0.2) is 0 Å². The fourth-order valence-corrected chi connectivity index (χ4v) is 1.33. The minimum absolute atomic E-state index is 0.00726. The molecule has 0 aromatic heterocycles. The van der Waals surface area contributed by atoms with Gasteiger partial charge >= 0.3 is 6.18 Å². The first-order valence-electron chi connectivity index (χ1n) is 5.00. The van der Waals surface area contributed by atoms with E-state index >= 15 is 0 Å². The number of halogens is 3. The Bertz CT molecular complexity index is 474. The summed E-state index contributed by atoms with van der Waals surface area (Å²) in [5.41, 5.74) is 3.84. The van der Waals surface area contributed by atoms with Gasteiger partial charge in [-0.1, -0.05) is 24.4 Å². The molecule has 3 N–H and O–H groups in total. The molecule has 0 bridgehead atoms. The van der Waals surface area contributed by atoms with Gasteiger partial charge in [0.1, 0.15) is 0 Å². The molecule has 0 radical (unpaired) electrons. The Kier molecular flexibility index (Phi) is 4.28. The number of nitrogens with one attached hydrogen (secondary N) is 1. The van der Waals surface area contributed by atoms with Crippen LogP contribution in [-0.4, -0.2) is 16.9 Å². The molecule has 1 atom stereocenters. The van der Waals surface area contributed by atoms with Gasteiger partial charge in [-0.15, -0.1) is 0 Å². The lowest BCUT2D eigenvalue weighted by molar-refractivity contribution is -0.137. The summed E-state index contributed by atoms with van der Waals surface area (Å²) in [6, 6.07) is 3.85. The molecule has 0 saturated carbocycles. The largest absolute Gasteiger partial charge is 0.417 e. The van der Waals surface area contributed by atoms with Crippen LogP contribution in [0.4, 0.5) is 13.2 Å². The normalized spacial score (nSPS) is 12.9. The summed E-state index contributed by atoms with van der Waals surface area (Å²) in [5, 5.41) is 2.30. The number of rotatable bonds is 3. The van der Waals surface area contributed by atoms with Crippen molar-refractivity contribution < 1.29 is 18.0 Å². The standard InChI is InChI=1S/C11H11F3N2OS/c1-6(9(15)18)16-10(17)7-4-2-3-5-8(7)11(12,13)14/h2-6H,1H3,(H2,15,18)(H,16,17). The Morgan fingerprint density at radius 2 is 1.94 bits per heavy atom. The van der Waals surface area contributed by atoms with Crippen molar-refractivity contribution in [1.29, 1.82) is 0 Å². The average Bonchev–Trinajstić information content (AvgIpc) is 2.27. The summed E-state index contributed by atoms with van der Waals surface area (Å²) >= 11 is 4.63. The quantitative estimate of drug-likeness (QED) is 0.831. The van der Waals surface area contributed by atoms with Gasteiger partial charge in [-0.2, -0.15) is 13.2 Å². The molecule has 98 valence electrons. The van der Waals surface area contributed by atoms with E-state index in [9.17, 15) is 18.0 Å². The van der Waals surface area contributed by atoms with Gasteiger partial charge in [0.2, 0.25) is 0 Å². The smallest absolute Gasteiger partial charge is 0.392 e. The highest BCUT2D eigenvalue weighted by Crippen LogP contribution is 2.31. The molecule has 0 aliphatic carbocycles. The van der Waals surface area contributed by atoms with E-state index in [0.29, 0.717) is 0 Å². The van der Waals surface area contributed by atoms with E-state index < -0.39 is 29.3 Å². The fourth-order valence-electron chi connectivity index (χ4n) is 1.27. The van der Waals surface area contributed by atoms with E-state index in [4.69, 9.17) is 5.73 Å². The Morgan fingerprint density at radius 1 is 1.39 bits per heavy atom. The zero-order valence-electron chi connectivity index (χ0n) is 9.41. The zero-order valence-corrected chi connectivity index (χ0v) is 10.2. The fraction of sp³-hybridized carbons (Fsp3) is 0.273. The van der Waals surface area contributed by atoms with E-state index in [-0.39, 0.29) is 4.99 Å². The van der Waals surface area contributed by atoms with Gasteiger partial charge in [-0.3, -0.25) is 4.79 Å². The number of carbonyl (C=O) groups is 1. The van der Waals surface area contributed by atoms with Gasteiger partial charge in [0.25, 0.3) is 5.91 Å². The van der Waals surface area contributed by atoms with Crippen molar-refractivity contribution in [1.82, 2.24) is 5.32 Å². The molecule has 18 heavy (non-hydrogen) atoms. The number of hydrogen-bond donors (Lipinski definition) is 2. The maximum Gasteiger partial charge on any atom is 0.417 e. The minimum Gasteiger partial charge on any atom is -0.392 e. The zero-order chi connectivity index (χ0) is 13.9. The van der Waals surface area contributed by atoms with E-state index in [1.165, 1.54) is 19.1 Å². The molecule has 3 nitrogen and oxygen atoms in total. The van der Waals surface area contributed by atoms with Crippen LogP contribution in [0.15, 0.2) is 24.3 Å². The first-order chi connectivity index (χ1) is 8.23. The second-order valence-corrected chi connectivity index (χ2v) is 4.11. The summed E-state index contributed by atoms with van der Waals surface area (Å²) in [7, 11) is 0. The number of nitrogens with two attached hydrogens (primary N) is 1. The van der Waals surface area contributed by atoms with Crippen molar-refractivity contribution in [3.05, 3.63) is 35.4 Å². The Labute approximate surface area is 107 Å². The van der Waals surface area contributed by atoms with E-state index in [1.54, 1.807) is 0 Å². The molecular weight excluding hydrogens is 265 g/mol. The SMILES string of the molecule is CC(NC(=O)c1ccccc1C(F)(F)F)C(N)=S. The predicted octanol–water partition coefficient (Wildman–Crippen LogP) is 2.11. The van der Waals surface area contributed by atoms with Crippen molar-refractivity contribution in [2.75, 3.05) is 0 Å². The van der Waals surface area contributed by atoms with Gasteiger partial charge in [0, 0.05) is 0 Å². The number of thiocarbonyl (C=S) groups is 1. The Morgan fingerprint density at radius 3 is 2.44 bits per heavy atom. The van der Waals surface area contributed by atoms with Crippen LogP contribution in [0, 0.1) is 0 Å². The molecule has 0 heterocycles. The van der Waals surface area contributed by atoms with Gasteiger partial charge in [-0.05, 0) is 19.1 Å². The number of carbonyl (C=O) groups excluding carboxylic acids is 1. The maximum atomic E-state index is 12.7. The molecule has 1 amide bonds. The molecule has 1 unspecified atom stereocenters. The van der Waals surface area contributed by atoms with Crippen LogP contribution in [0.3, 0.4) is 0 Å². The van der Waals surface area contributed by atoms with Crippen molar-refractivity contribution >= 4 is 23.1 Å². The molecule has 0 saturated heterocycles. The predicted molar refractivity (Wildman–Crippen MR) is 65.2 cm³/mol. The second-order valence-electron chi connectivity index (χ2n) is 3.64. The number of amides is 1. The number of alkyl halides is 3. The van der Waals surface area contributed by atoms with Crippen LogP contribution in [0.1, 0.15) is 22.8 Å². The lowest BCUT2D eigenvalue weighted by Gasteiger charge is -2.15. The van der Waals surface area contributed by atoms with E-state index in [2.05, 4.69) is 17.5 Å². The summed E-state index contributed by atoms with van der Waals surface area (Å²) in [4.78, 5) is 11.7. The third-order valence-corrected chi connectivity index (χ3v) is 2.61. The lowest BCUT2D eigenvalue weighted by Crippen LogP contribution is -2.41. The van der Waals surface area contributed by atoms with Crippen molar-refractivity contribution in [2.24, 2.45) is 5.73 Å². The van der Waals surface area contributed by atoms with Crippen molar-refractivity contribution in [2.45, 2.75) is 19.1 Å². The Hall–Kier alpha value is -1.63. The monoisotopic (exact) mass is 276 g/mol. The molecule has 0 fully saturated rings. The first-order valence-corrected chi connectivity index (χ1v) is 5.40. The van der Waals surface area contributed by atoms with Gasteiger partial charge in [0.05, 0.1) is 22.2 Å². The average molecular weight is 276 g/mol. The molecule has 1 aromatic carbocycles. The molecular formula is C11H11F3N2OS. The molecule has 1 rings (SSSR count). The van der Waals surface area contributed by atoms with Gasteiger partial charge < -0.3 is 11.1 Å². The minimum atomic E-state index is -4.58. The third kappa shape index (κ3) is 3.43. The topological polar surface area (TPSA) is 55.1 Å². The molecule has 7 heteroatoms. The van der Waals surface area contributed by atoms with Crippen LogP contribution >= 0.6 is 12.2 Å². The van der Waals surface area contributed by atoms with Crippen LogP contribution in [0.5, 0.6) is 0 Å². The number of hydrogen-bond acceptors (Lipinski definition) is 2. The van der Waals surface area contributed by atoms with E-state index in [1.807, 2.05) is 0 Å². The highest BCUT2D eigenvalue weighted by Gasteiger charge is 2.35. The van der Waals surface area contributed by atoms with E-state index in [0.717, 1.165) is 12.1 Å². The van der Waals surface area contributed by atoms with Crippen LogP contribution in [0.2, 0.25) is 0 Å². The van der Waals surface area contributed by atoms with Gasteiger partial charge in [-0.25, -0.2) is 0 Å². The van der Waals surface area contributed by atoms with Crippen LogP contribution in [0.25, 0.3) is 0 Å². The first kappa shape index (κ1) is 14.4. The summed E-state index contributed by atoms with van der Waals surface area (Å²) in [5.74, 6) is -0.858. The second kappa shape index (κ2) is 5.34. The summed E-state index contributed by atoms with van der Waals surface area (Å²) in [6.07, 6.45) is -4.58. The van der Waals surface area contributed by atoms with Crippen molar-refractivity contribution in [3.8, 4) is 0 Å². The Balaban J connectivity index is 3.03. The maximum absolute atomic E-state index is 12.7. The van der Waals surface area contributed by atoms with Crippen molar-refractivity contribution in [3.63, 3.8) is 0 Å². The number of benzene rings is 1. The molecule has 1 aromatic rings. The molecule has 0 aliphatic heterocycles. The summed E-state index contributed by atoms with van der Waals surface area (Å²) < 4.78 is 38.0. The van der Waals surface area contributed by atoms with Crippen LogP contribution < -0.4 is 11.1 Å². The lowest BCUT2D eigenvalue weighted by atomic mass is 10.1. The molecule has 0 spiro atoms. The molecule has 0 aliphatic rings. The van der Waals surface area contributed by atoms with Crippen LogP contribution in [-0.2, 0) is 6.18 Å². The third-order valence-electron chi connectivity index (χ3n) is 2.25.